The van der Waals surface area contributed by atoms with Crippen molar-refractivity contribution in [3.05, 3.63) is 28.3 Å². The van der Waals surface area contributed by atoms with Gasteiger partial charge in [0.05, 0.1) is 16.7 Å². The molecule has 2 atom stereocenters. The van der Waals surface area contributed by atoms with Crippen molar-refractivity contribution < 1.29 is 33.0 Å². The molecule has 25 heavy (non-hydrogen) atoms. The molecule has 2 rings (SSSR count). The van der Waals surface area contributed by atoms with Crippen molar-refractivity contribution in [1.82, 2.24) is 9.88 Å². The number of carboxylic acid groups (broad SMARTS) is 2. The number of alkyl halides is 2. The molecule has 0 spiro atoms. The lowest BCUT2D eigenvalue weighted by molar-refractivity contribution is -0.153. The van der Waals surface area contributed by atoms with Crippen LogP contribution in [0.15, 0.2) is 6.07 Å². The first kappa shape index (κ1) is 19.3. The summed E-state index contributed by atoms with van der Waals surface area (Å²) in [6, 6.07) is 0.0768. The van der Waals surface area contributed by atoms with Crippen LogP contribution in [-0.2, 0) is 11.2 Å². The van der Waals surface area contributed by atoms with Crippen LogP contribution in [-0.4, -0.2) is 44.7 Å². The van der Waals surface area contributed by atoms with Crippen LogP contribution >= 0.6 is 11.6 Å². The van der Waals surface area contributed by atoms with E-state index in [1.807, 2.05) is 0 Å². The number of aromatic nitrogens is 1. The number of hydrogen-bond acceptors (Lipinski definition) is 3. The fourth-order valence-corrected chi connectivity index (χ4v) is 3.43. The molecule has 2 heterocycles. The van der Waals surface area contributed by atoms with Crippen molar-refractivity contribution in [2.45, 2.75) is 38.7 Å². The van der Waals surface area contributed by atoms with Gasteiger partial charge < -0.3 is 15.1 Å². The molecule has 2 N–H and O–H groups in total. The highest BCUT2D eigenvalue weighted by atomic mass is 35.5. The average molecular weight is 381 g/mol. The number of pyridine rings is 1. The van der Waals surface area contributed by atoms with Gasteiger partial charge in [0, 0.05) is 19.0 Å². The molecule has 1 aromatic rings. The number of likely N-dealkylation sites (tertiary alicyclic amines) is 1. The second-order valence-electron chi connectivity index (χ2n) is 6.14. The van der Waals surface area contributed by atoms with Gasteiger partial charge in [0.15, 0.2) is 5.82 Å². The number of nitrogens with zero attached hydrogens (tertiary/aromatic N) is 2. The van der Waals surface area contributed by atoms with Crippen LogP contribution in [0.3, 0.4) is 0 Å². The molecular weight excluding hydrogens is 365 g/mol. The largest absolute Gasteiger partial charge is 0.481 e. The highest BCUT2D eigenvalue weighted by Crippen LogP contribution is 2.39. The molecule has 10 heteroatoms. The van der Waals surface area contributed by atoms with Gasteiger partial charge in [-0.25, -0.2) is 22.9 Å². The summed E-state index contributed by atoms with van der Waals surface area (Å²) < 4.78 is 40.1. The van der Waals surface area contributed by atoms with Crippen molar-refractivity contribution in [3.63, 3.8) is 0 Å². The predicted molar refractivity (Wildman–Crippen MR) is 81.4 cm³/mol. The highest BCUT2D eigenvalue weighted by molar-refractivity contribution is 6.29. The number of piperidine rings is 1. The number of carboxylic acids is 1. The molecule has 0 aliphatic carbocycles. The van der Waals surface area contributed by atoms with Gasteiger partial charge in [-0.1, -0.05) is 11.6 Å². The monoisotopic (exact) mass is 380 g/mol. The Balaban J connectivity index is 2.39. The Kier molecular flexibility index (Phi) is 5.46. The normalized spacial score (nSPS) is 23.8. The molecule has 6 nitrogen and oxygen atoms in total. The molecule has 1 aliphatic heterocycles. The first-order valence-electron chi connectivity index (χ1n) is 7.43. The van der Waals surface area contributed by atoms with Gasteiger partial charge in [-0.2, -0.15) is 0 Å². The summed E-state index contributed by atoms with van der Waals surface area (Å²) in [5.74, 6) is -2.54. The molecule has 138 valence electrons. The number of rotatable bonds is 4. The second kappa shape index (κ2) is 7.07. The van der Waals surface area contributed by atoms with Crippen molar-refractivity contribution in [3.8, 4) is 0 Å². The van der Waals surface area contributed by atoms with E-state index in [0.717, 1.165) is 4.90 Å². The quantitative estimate of drug-likeness (QED) is 0.779. The smallest absolute Gasteiger partial charge is 0.407 e. The van der Waals surface area contributed by atoms with Crippen LogP contribution in [0.25, 0.3) is 0 Å². The SMILES string of the molecule is CC1CC(Cc2nc(Cl)cc(C(F)F)c2F)(C(=O)O)CCN1C(=O)O. The first-order valence-corrected chi connectivity index (χ1v) is 7.81. The van der Waals surface area contributed by atoms with Crippen molar-refractivity contribution in [2.75, 3.05) is 6.54 Å². The fourth-order valence-electron chi connectivity index (χ4n) is 3.21. The van der Waals surface area contributed by atoms with E-state index in [-0.39, 0.29) is 24.5 Å². The summed E-state index contributed by atoms with van der Waals surface area (Å²) in [7, 11) is 0. The fraction of sp³-hybridized carbons (Fsp3) is 0.533. The maximum Gasteiger partial charge on any atom is 0.407 e. The standard InChI is InChI=1S/C15H16ClF3N2O4/c1-7-5-15(13(22)23,2-3-21(7)14(24)25)6-9-11(17)8(12(18)19)4-10(16)20-9/h4,7,12H,2-3,5-6H2,1H3,(H,22,23)(H,24,25). The number of carbonyl (C=O) groups is 2. The van der Waals surface area contributed by atoms with Crippen LogP contribution in [0, 0.1) is 11.2 Å². The lowest BCUT2D eigenvalue weighted by Crippen LogP contribution is -2.51. The third kappa shape index (κ3) is 3.81. The number of aliphatic carboxylic acids is 1. The molecule has 1 aromatic heterocycles. The van der Waals surface area contributed by atoms with E-state index >= 15 is 0 Å². The summed E-state index contributed by atoms with van der Waals surface area (Å²) in [4.78, 5) is 27.7. The minimum atomic E-state index is -3.12. The molecule has 2 unspecified atom stereocenters. The Hall–Kier alpha value is -2.03. The number of amides is 1. The van der Waals surface area contributed by atoms with Gasteiger partial charge >= 0.3 is 12.1 Å². The molecule has 1 aliphatic rings. The maximum absolute atomic E-state index is 14.3. The number of hydrogen-bond donors (Lipinski definition) is 2. The van der Waals surface area contributed by atoms with Crippen molar-refractivity contribution in [2.24, 2.45) is 5.41 Å². The van der Waals surface area contributed by atoms with E-state index in [9.17, 15) is 27.9 Å². The molecule has 1 fully saturated rings. The van der Waals surface area contributed by atoms with Gasteiger partial charge in [-0.15, -0.1) is 0 Å². The Morgan fingerprint density at radius 1 is 1.48 bits per heavy atom. The minimum Gasteiger partial charge on any atom is -0.481 e. The minimum absolute atomic E-state index is 0.0628. The molecule has 1 amide bonds. The van der Waals surface area contributed by atoms with Crippen molar-refractivity contribution in [1.29, 1.82) is 0 Å². The third-order valence-corrected chi connectivity index (χ3v) is 4.71. The van der Waals surface area contributed by atoms with E-state index in [2.05, 4.69) is 4.98 Å². The zero-order valence-corrected chi connectivity index (χ0v) is 13.9. The molecule has 1 saturated heterocycles. The topological polar surface area (TPSA) is 90.7 Å². The molecule has 0 radical (unpaired) electrons. The lowest BCUT2D eigenvalue weighted by Gasteiger charge is -2.42. The molecule has 0 aromatic carbocycles. The Bertz CT molecular complexity index is 704. The van der Waals surface area contributed by atoms with E-state index < -0.39 is 53.4 Å². The van der Waals surface area contributed by atoms with Gasteiger partial charge in [-0.3, -0.25) is 4.79 Å². The second-order valence-corrected chi connectivity index (χ2v) is 6.52. The van der Waals surface area contributed by atoms with Gasteiger partial charge in [0.1, 0.15) is 5.15 Å². The molecule has 0 saturated carbocycles. The van der Waals surface area contributed by atoms with E-state index in [4.69, 9.17) is 16.7 Å². The zero-order chi connectivity index (χ0) is 18.9. The van der Waals surface area contributed by atoms with Crippen LogP contribution in [0.1, 0.15) is 37.4 Å². The van der Waals surface area contributed by atoms with Gasteiger partial charge in [0.25, 0.3) is 6.43 Å². The lowest BCUT2D eigenvalue weighted by atomic mass is 9.72. The third-order valence-electron chi connectivity index (χ3n) is 4.51. The van der Waals surface area contributed by atoms with Crippen molar-refractivity contribution >= 4 is 23.7 Å². The Morgan fingerprint density at radius 3 is 2.60 bits per heavy atom. The van der Waals surface area contributed by atoms with Gasteiger partial charge in [-0.05, 0) is 25.8 Å². The maximum atomic E-state index is 14.3. The summed E-state index contributed by atoms with van der Waals surface area (Å²) in [5, 5.41) is 18.4. The average Bonchev–Trinajstić information content (AvgIpc) is 2.49. The highest BCUT2D eigenvalue weighted by Gasteiger charge is 2.46. The summed E-state index contributed by atoms with van der Waals surface area (Å²) in [6.07, 6.45) is -4.93. The van der Waals surface area contributed by atoms with E-state index in [0.29, 0.717) is 6.07 Å². The van der Waals surface area contributed by atoms with Crippen LogP contribution in [0.2, 0.25) is 5.15 Å². The molecular formula is C15H16ClF3N2O4. The summed E-state index contributed by atoms with van der Waals surface area (Å²) in [5.41, 5.74) is -2.91. The Labute approximate surface area is 146 Å². The van der Waals surface area contributed by atoms with E-state index in [1.165, 1.54) is 6.92 Å². The predicted octanol–water partition coefficient (Wildman–Crippen LogP) is 3.59. The summed E-state index contributed by atoms with van der Waals surface area (Å²) in [6.45, 7) is 1.48. The van der Waals surface area contributed by atoms with Crippen LogP contribution in [0.4, 0.5) is 18.0 Å². The summed E-state index contributed by atoms with van der Waals surface area (Å²) >= 11 is 5.66. The van der Waals surface area contributed by atoms with E-state index in [1.54, 1.807) is 0 Å². The van der Waals surface area contributed by atoms with Crippen LogP contribution in [0.5, 0.6) is 0 Å². The first-order chi connectivity index (χ1) is 11.6. The van der Waals surface area contributed by atoms with Crippen LogP contribution < -0.4 is 0 Å². The zero-order valence-electron chi connectivity index (χ0n) is 13.2. The van der Waals surface area contributed by atoms with Gasteiger partial charge in [0.2, 0.25) is 0 Å². The number of halogens is 4. The Morgan fingerprint density at radius 2 is 2.12 bits per heavy atom. The molecule has 0 bridgehead atoms.